The molecule has 0 saturated carbocycles. The van der Waals surface area contributed by atoms with Gasteiger partial charge in [-0.3, -0.25) is 9.36 Å². The fourth-order valence-corrected chi connectivity index (χ4v) is 5.31. The molecule has 38 heavy (non-hydrogen) atoms. The van der Waals surface area contributed by atoms with E-state index in [2.05, 4.69) is 44.5 Å². The van der Waals surface area contributed by atoms with Crippen molar-refractivity contribution in [3.63, 3.8) is 0 Å². The van der Waals surface area contributed by atoms with Crippen molar-refractivity contribution in [2.75, 3.05) is 25.4 Å². The lowest BCUT2D eigenvalue weighted by Gasteiger charge is -2.16. The van der Waals surface area contributed by atoms with Crippen molar-refractivity contribution in [1.82, 2.24) is 24.8 Å². The number of carbonyl (C=O) groups is 1. The number of aromatic nitrogens is 4. The monoisotopic (exact) mass is 516 g/mol. The van der Waals surface area contributed by atoms with Crippen molar-refractivity contribution in [3.8, 4) is 11.1 Å². The molecule has 1 saturated heterocycles. The topological polar surface area (TPSA) is 158 Å². The molecule has 0 bridgehead atoms. The molecule has 11 nitrogen and oxygen atoms in total. The van der Waals surface area contributed by atoms with E-state index in [4.69, 9.17) is 15.2 Å². The highest BCUT2D eigenvalue weighted by Crippen LogP contribution is 2.44. The molecule has 0 spiro atoms. The van der Waals surface area contributed by atoms with Gasteiger partial charge in [0.05, 0.1) is 12.7 Å². The van der Waals surface area contributed by atoms with Gasteiger partial charge in [0.25, 0.3) is 0 Å². The third kappa shape index (κ3) is 4.29. The summed E-state index contributed by atoms with van der Waals surface area (Å²) in [5.74, 6) is -0.0831. The van der Waals surface area contributed by atoms with E-state index in [0.717, 1.165) is 0 Å². The summed E-state index contributed by atoms with van der Waals surface area (Å²) in [6.07, 6.45) is -1.02. The Hall–Kier alpha value is -3.90. The van der Waals surface area contributed by atoms with Crippen LogP contribution in [0.5, 0.6) is 0 Å². The van der Waals surface area contributed by atoms with Crippen LogP contribution >= 0.6 is 0 Å². The summed E-state index contributed by atoms with van der Waals surface area (Å²) >= 11 is 0. The zero-order valence-corrected chi connectivity index (χ0v) is 20.5. The van der Waals surface area contributed by atoms with Gasteiger partial charge in [0.2, 0.25) is 0 Å². The first-order valence-corrected chi connectivity index (χ1v) is 12.5. The number of fused-ring (bicyclic) bond motifs is 4. The van der Waals surface area contributed by atoms with Crippen LogP contribution in [0, 0.1) is 0 Å². The van der Waals surface area contributed by atoms with E-state index < -0.39 is 24.5 Å². The smallest absolute Gasteiger partial charge is 0.307 e. The van der Waals surface area contributed by atoms with Crippen LogP contribution in [0.1, 0.15) is 29.7 Å². The molecule has 0 radical (unpaired) electrons. The molecular formula is C27H28N6O5. The van der Waals surface area contributed by atoms with Crippen molar-refractivity contribution < 1.29 is 24.5 Å². The largest absolute Gasteiger partial charge is 0.465 e. The Bertz CT molecular complexity index is 1430. The summed E-state index contributed by atoms with van der Waals surface area (Å²) in [5, 5.41) is 24.2. The van der Waals surface area contributed by atoms with Gasteiger partial charge in [-0.1, -0.05) is 48.5 Å². The minimum absolute atomic E-state index is 0.0136. The van der Waals surface area contributed by atoms with Gasteiger partial charge >= 0.3 is 5.97 Å². The Balaban J connectivity index is 1.00. The summed E-state index contributed by atoms with van der Waals surface area (Å²) in [6, 6.07) is 16.4. The molecule has 3 heterocycles. The van der Waals surface area contributed by atoms with Gasteiger partial charge in [-0.25, -0.2) is 15.0 Å². The Morgan fingerprint density at radius 3 is 2.47 bits per heavy atom. The second-order valence-corrected chi connectivity index (χ2v) is 9.49. The van der Waals surface area contributed by atoms with E-state index in [1.165, 1.54) is 39.5 Å². The number of carbonyl (C=O) groups excluding carboxylic acids is 1. The molecule has 196 valence electrons. The maximum absolute atomic E-state index is 12.5. The number of ether oxygens (including phenoxy) is 2. The van der Waals surface area contributed by atoms with Crippen LogP contribution in [0.4, 0.5) is 5.82 Å². The molecule has 0 amide bonds. The number of imidazole rings is 1. The molecule has 4 atom stereocenters. The van der Waals surface area contributed by atoms with Gasteiger partial charge in [0, 0.05) is 19.0 Å². The number of hydrogen-bond acceptors (Lipinski definition) is 10. The van der Waals surface area contributed by atoms with E-state index in [-0.39, 0.29) is 37.3 Å². The van der Waals surface area contributed by atoms with Gasteiger partial charge < -0.3 is 30.7 Å². The first-order valence-electron chi connectivity index (χ1n) is 12.5. The fourth-order valence-electron chi connectivity index (χ4n) is 5.31. The molecule has 2 aromatic heterocycles. The highest BCUT2D eigenvalue weighted by Gasteiger charge is 2.44. The predicted molar refractivity (Wildman–Crippen MR) is 138 cm³/mol. The Morgan fingerprint density at radius 1 is 1.03 bits per heavy atom. The average molecular weight is 517 g/mol. The Labute approximate surface area is 218 Å². The zero-order chi connectivity index (χ0) is 26.2. The SMILES string of the molecule is Nc1ncnc2c1ncn2[C@@H]1O[C@H](CNCCC(=O)OCC2c3ccccc3-c3ccccc32)[C@@H](O)[C@H]1O. The number of rotatable bonds is 8. The molecular weight excluding hydrogens is 488 g/mol. The van der Waals surface area contributed by atoms with E-state index >= 15 is 0 Å². The number of hydrogen-bond donors (Lipinski definition) is 4. The van der Waals surface area contributed by atoms with Crippen molar-refractivity contribution in [3.05, 3.63) is 72.3 Å². The predicted octanol–water partition coefficient (Wildman–Crippen LogP) is 1.36. The standard InChI is InChI=1S/C27H28N6O5/c28-25-22-26(31-13-30-25)33(14-32-22)27-24(36)23(35)20(38-27)11-29-10-9-21(34)37-12-19-17-7-3-1-5-15(17)16-6-2-4-8-18(16)19/h1-8,13-14,19-20,23-24,27,29,35-36H,9-12H2,(H2,28,30,31)/t20-,23-,24-,27-/m1/s1. The average Bonchev–Trinajstić information content (AvgIpc) is 3.59. The number of benzene rings is 2. The molecule has 6 rings (SSSR count). The molecule has 5 N–H and O–H groups in total. The highest BCUT2D eigenvalue weighted by atomic mass is 16.6. The zero-order valence-electron chi connectivity index (χ0n) is 20.5. The Kier molecular flexibility index (Phi) is 6.50. The third-order valence-electron chi connectivity index (χ3n) is 7.22. The van der Waals surface area contributed by atoms with E-state index in [1.54, 1.807) is 0 Å². The van der Waals surface area contributed by atoms with Crippen molar-refractivity contribution in [2.45, 2.75) is 36.9 Å². The lowest BCUT2D eigenvalue weighted by atomic mass is 9.98. The van der Waals surface area contributed by atoms with Crippen LogP contribution in [0.2, 0.25) is 0 Å². The number of nitrogens with two attached hydrogens (primary N) is 1. The quantitative estimate of drug-likeness (QED) is 0.199. The van der Waals surface area contributed by atoms with Crippen LogP contribution in [0.3, 0.4) is 0 Å². The van der Waals surface area contributed by atoms with E-state index in [1.807, 2.05) is 24.3 Å². The lowest BCUT2D eigenvalue weighted by Crippen LogP contribution is -2.38. The molecule has 4 aromatic rings. The summed E-state index contributed by atoms with van der Waals surface area (Å²) in [5.41, 5.74) is 11.3. The van der Waals surface area contributed by atoms with Gasteiger partial charge in [-0.05, 0) is 22.3 Å². The minimum atomic E-state index is -1.20. The lowest BCUT2D eigenvalue weighted by molar-refractivity contribution is -0.143. The van der Waals surface area contributed by atoms with Crippen LogP contribution in [0.15, 0.2) is 61.2 Å². The molecule has 1 fully saturated rings. The van der Waals surface area contributed by atoms with Crippen LogP contribution < -0.4 is 11.1 Å². The van der Waals surface area contributed by atoms with Gasteiger partial charge in [-0.15, -0.1) is 0 Å². The van der Waals surface area contributed by atoms with Crippen molar-refractivity contribution in [1.29, 1.82) is 0 Å². The minimum Gasteiger partial charge on any atom is -0.465 e. The van der Waals surface area contributed by atoms with Crippen molar-refractivity contribution >= 4 is 23.0 Å². The van der Waals surface area contributed by atoms with Crippen molar-refractivity contribution in [2.24, 2.45) is 0 Å². The second kappa shape index (κ2) is 10.1. The first kappa shape index (κ1) is 24.4. The fraction of sp³-hybridized carbons (Fsp3) is 0.333. The maximum Gasteiger partial charge on any atom is 0.307 e. The summed E-state index contributed by atoms with van der Waals surface area (Å²) in [7, 11) is 0. The normalized spacial score (nSPS) is 22.5. The number of nitrogens with one attached hydrogen (secondary N) is 1. The number of anilines is 1. The second-order valence-electron chi connectivity index (χ2n) is 9.49. The highest BCUT2D eigenvalue weighted by molar-refractivity contribution is 5.81. The van der Waals surface area contributed by atoms with Crippen LogP contribution in [-0.2, 0) is 14.3 Å². The van der Waals surface area contributed by atoms with Crippen LogP contribution in [-0.4, -0.2) is 73.7 Å². The van der Waals surface area contributed by atoms with Crippen LogP contribution in [0.25, 0.3) is 22.3 Å². The number of aliphatic hydroxyl groups is 2. The number of nitrogen functional groups attached to an aromatic ring is 1. The Morgan fingerprint density at radius 2 is 1.74 bits per heavy atom. The summed E-state index contributed by atoms with van der Waals surface area (Å²) in [4.78, 5) is 24.7. The third-order valence-corrected chi connectivity index (χ3v) is 7.22. The summed E-state index contributed by atoms with van der Waals surface area (Å²) in [6.45, 7) is 0.842. The van der Waals surface area contributed by atoms with E-state index in [0.29, 0.717) is 17.7 Å². The summed E-state index contributed by atoms with van der Waals surface area (Å²) < 4.78 is 13.1. The molecule has 2 aliphatic rings. The number of esters is 1. The first-order chi connectivity index (χ1) is 18.5. The molecule has 0 unspecified atom stereocenters. The maximum atomic E-state index is 12.5. The molecule has 2 aromatic carbocycles. The number of aliphatic hydroxyl groups excluding tert-OH is 2. The molecule has 1 aliphatic heterocycles. The van der Waals surface area contributed by atoms with Gasteiger partial charge in [0.1, 0.15) is 36.8 Å². The van der Waals surface area contributed by atoms with Gasteiger partial charge in [-0.2, -0.15) is 0 Å². The van der Waals surface area contributed by atoms with E-state index in [9.17, 15) is 15.0 Å². The number of nitrogens with zero attached hydrogens (tertiary/aromatic N) is 4. The molecule has 1 aliphatic carbocycles. The molecule has 11 heteroatoms. The van der Waals surface area contributed by atoms with Gasteiger partial charge in [0.15, 0.2) is 17.7 Å².